The van der Waals surface area contributed by atoms with Gasteiger partial charge in [0, 0.05) is 12.8 Å². The van der Waals surface area contributed by atoms with E-state index in [-0.39, 0.29) is 45.2 Å². The van der Waals surface area contributed by atoms with Crippen molar-refractivity contribution in [3.63, 3.8) is 0 Å². The molecule has 8 heteroatoms. The van der Waals surface area contributed by atoms with E-state index in [2.05, 4.69) is 46.0 Å². The van der Waals surface area contributed by atoms with Gasteiger partial charge >= 0.3 is 5.97 Å². The molecule has 0 spiro atoms. The summed E-state index contributed by atoms with van der Waals surface area (Å²) in [5.41, 5.74) is 9.79. The molecule has 1 amide bonds. The highest BCUT2D eigenvalue weighted by Crippen LogP contribution is 2.77. The molecular weight excluding hydrogens is 609 g/mol. The summed E-state index contributed by atoms with van der Waals surface area (Å²) in [5.74, 6) is 1.28. The highest BCUT2D eigenvalue weighted by Gasteiger charge is 2.69. The summed E-state index contributed by atoms with van der Waals surface area (Å²) < 4.78 is 23.3. The first kappa shape index (κ1) is 34.7. The van der Waals surface area contributed by atoms with E-state index in [1.807, 2.05) is 12.1 Å². The molecule has 0 radical (unpaired) electrons. The number of sulfone groups is 1. The lowest BCUT2D eigenvalue weighted by atomic mass is 9.32. The Labute approximate surface area is 282 Å². The molecule has 1 aromatic rings. The number of aromatic carboxylic acids is 1. The number of carboxylic acids is 1. The Balaban J connectivity index is 1.22. The van der Waals surface area contributed by atoms with Crippen molar-refractivity contribution in [3.05, 3.63) is 41.5 Å². The molecule has 9 atom stereocenters. The van der Waals surface area contributed by atoms with Gasteiger partial charge in [-0.05, 0) is 138 Å². The highest BCUT2D eigenvalue weighted by atomic mass is 32.2. The Bertz CT molecular complexity index is 1550. The number of hydrogen-bond donors (Lipinski definition) is 3. The first-order chi connectivity index (χ1) is 21.9. The molecule has 0 aromatic heterocycles. The number of rotatable bonds is 8. The molecule has 4 N–H and O–H groups in total. The summed E-state index contributed by atoms with van der Waals surface area (Å²) in [7, 11) is -3.16. The van der Waals surface area contributed by atoms with Gasteiger partial charge in [0.2, 0.25) is 5.91 Å². The third-order valence-corrected chi connectivity index (χ3v) is 16.3. The molecule has 0 saturated heterocycles. The van der Waals surface area contributed by atoms with Crippen LogP contribution in [0.4, 0.5) is 0 Å². The van der Waals surface area contributed by atoms with Gasteiger partial charge in [-0.25, -0.2) is 13.2 Å². The zero-order valence-corrected chi connectivity index (χ0v) is 30.3. The predicted molar refractivity (Wildman–Crippen MR) is 187 cm³/mol. The number of carbonyl (C=O) groups excluding carboxylic acids is 1. The number of nitrogens with one attached hydrogen (secondary N) is 1. The molecule has 5 aliphatic rings. The number of carboxylic acid groups (broad SMARTS) is 1. The summed E-state index contributed by atoms with van der Waals surface area (Å²) in [6.07, 6.45) is 15.8. The Hall–Kier alpha value is -2.19. The Morgan fingerprint density at radius 3 is 2.28 bits per heavy atom. The Morgan fingerprint density at radius 1 is 0.915 bits per heavy atom. The number of amides is 1. The van der Waals surface area contributed by atoms with Gasteiger partial charge in [0.25, 0.3) is 0 Å². The second-order valence-corrected chi connectivity index (χ2v) is 20.0. The lowest BCUT2D eigenvalue weighted by Gasteiger charge is -2.72. The van der Waals surface area contributed by atoms with Crippen LogP contribution in [0.25, 0.3) is 5.57 Å². The Morgan fingerprint density at radius 2 is 1.62 bits per heavy atom. The van der Waals surface area contributed by atoms with E-state index in [1.54, 1.807) is 12.1 Å². The quantitative estimate of drug-likeness (QED) is 0.272. The minimum atomic E-state index is -3.16. The SMILES string of the molecule is CC1(C)C(c2ccc(C(=O)O)cc2)=CC[C@@]2(C)C1CC[C@]1(C)C2CC[C@@H]2C3CCC[C@]3(CNC(=O)[C@H](N)CCS(C)(=O)=O)CC[C@]21C. The van der Waals surface area contributed by atoms with Gasteiger partial charge < -0.3 is 16.2 Å². The van der Waals surface area contributed by atoms with Gasteiger partial charge in [-0.1, -0.05) is 59.2 Å². The first-order valence-electron chi connectivity index (χ1n) is 18.1. The zero-order chi connectivity index (χ0) is 34.2. The third kappa shape index (κ3) is 5.52. The monoisotopic (exact) mass is 666 g/mol. The van der Waals surface area contributed by atoms with Crippen molar-refractivity contribution < 1.29 is 23.1 Å². The maximum Gasteiger partial charge on any atom is 0.335 e. The molecule has 5 aliphatic carbocycles. The lowest BCUT2D eigenvalue weighted by Crippen LogP contribution is -2.65. The molecule has 3 unspecified atom stereocenters. The molecule has 47 heavy (non-hydrogen) atoms. The summed E-state index contributed by atoms with van der Waals surface area (Å²) in [6, 6.07) is 6.69. The average molecular weight is 667 g/mol. The number of benzene rings is 1. The zero-order valence-electron chi connectivity index (χ0n) is 29.5. The lowest BCUT2D eigenvalue weighted by molar-refractivity contribution is -0.222. The van der Waals surface area contributed by atoms with E-state index >= 15 is 0 Å². The summed E-state index contributed by atoms with van der Waals surface area (Å²) >= 11 is 0. The van der Waals surface area contributed by atoms with Crippen LogP contribution >= 0.6 is 0 Å². The van der Waals surface area contributed by atoms with Crippen LogP contribution < -0.4 is 11.1 Å². The van der Waals surface area contributed by atoms with Gasteiger partial charge in [0.15, 0.2) is 0 Å². The fourth-order valence-corrected chi connectivity index (χ4v) is 13.4. The molecule has 0 aliphatic heterocycles. The topological polar surface area (TPSA) is 127 Å². The first-order valence-corrected chi connectivity index (χ1v) is 20.2. The van der Waals surface area contributed by atoms with Crippen LogP contribution in [-0.4, -0.2) is 50.0 Å². The van der Waals surface area contributed by atoms with Crippen molar-refractivity contribution in [1.82, 2.24) is 5.32 Å². The molecular formula is C39H58N2O5S. The second kappa shape index (κ2) is 11.7. The molecule has 7 nitrogen and oxygen atoms in total. The van der Waals surface area contributed by atoms with Crippen molar-refractivity contribution >= 4 is 27.3 Å². The van der Waals surface area contributed by atoms with Crippen molar-refractivity contribution in [2.45, 2.75) is 111 Å². The van der Waals surface area contributed by atoms with Gasteiger partial charge in [-0.3, -0.25) is 4.79 Å². The van der Waals surface area contributed by atoms with Crippen LogP contribution in [0, 0.1) is 50.7 Å². The smallest absolute Gasteiger partial charge is 0.335 e. The number of allylic oxidation sites excluding steroid dienone is 2. The van der Waals surface area contributed by atoms with Crippen LogP contribution in [0.3, 0.4) is 0 Å². The largest absolute Gasteiger partial charge is 0.478 e. The fourth-order valence-electron chi connectivity index (χ4n) is 12.8. The molecule has 4 saturated carbocycles. The van der Waals surface area contributed by atoms with E-state index in [0.717, 1.165) is 24.8 Å². The number of hydrogen-bond acceptors (Lipinski definition) is 5. The molecule has 260 valence electrons. The summed E-state index contributed by atoms with van der Waals surface area (Å²) in [4.78, 5) is 24.5. The fraction of sp³-hybridized carbons (Fsp3) is 0.744. The van der Waals surface area contributed by atoms with Crippen LogP contribution in [0.5, 0.6) is 0 Å². The summed E-state index contributed by atoms with van der Waals surface area (Å²) in [6.45, 7) is 13.4. The van der Waals surface area contributed by atoms with Crippen molar-refractivity contribution in [3.8, 4) is 0 Å². The molecule has 0 bridgehead atoms. The van der Waals surface area contributed by atoms with Crippen LogP contribution in [-0.2, 0) is 14.6 Å². The van der Waals surface area contributed by atoms with E-state index in [0.29, 0.717) is 35.8 Å². The predicted octanol–water partition coefficient (Wildman–Crippen LogP) is 7.11. The highest BCUT2D eigenvalue weighted by molar-refractivity contribution is 7.90. The minimum absolute atomic E-state index is 0.00956. The van der Waals surface area contributed by atoms with Gasteiger partial charge in [-0.15, -0.1) is 0 Å². The molecule has 0 heterocycles. The maximum atomic E-state index is 13.0. The normalized spacial score (nSPS) is 39.8. The van der Waals surface area contributed by atoms with Gasteiger partial charge in [0.05, 0.1) is 17.4 Å². The third-order valence-electron chi connectivity index (χ3n) is 15.3. The minimum Gasteiger partial charge on any atom is -0.478 e. The number of carbonyl (C=O) groups is 2. The van der Waals surface area contributed by atoms with E-state index < -0.39 is 21.8 Å². The van der Waals surface area contributed by atoms with E-state index in [9.17, 15) is 23.1 Å². The van der Waals surface area contributed by atoms with Crippen molar-refractivity contribution in [2.24, 2.45) is 56.5 Å². The van der Waals surface area contributed by atoms with E-state index in [1.165, 1.54) is 56.8 Å². The number of nitrogens with two attached hydrogens (primary N) is 1. The molecule has 6 rings (SSSR count). The van der Waals surface area contributed by atoms with E-state index in [4.69, 9.17) is 5.73 Å². The van der Waals surface area contributed by atoms with Crippen molar-refractivity contribution in [2.75, 3.05) is 18.6 Å². The standard InChI is InChI=1S/C39H58N2O5S/c1-35(2)27(25-9-11-26(12-10-25)34(43)44)15-19-36(3)31(35)16-20-38(5)32(36)14-13-28-29-8-7-18-39(29,22-21-37(28,38)4)24-41-33(42)30(40)17-23-47(6,45)46/h9-12,15,28-32H,7-8,13-14,16-24,40H2,1-6H3,(H,41,42)(H,43,44)/t28-,29?,30-,31?,32?,36+,37-,38-,39-/m1/s1. The van der Waals surface area contributed by atoms with Crippen molar-refractivity contribution in [1.29, 1.82) is 0 Å². The summed E-state index contributed by atoms with van der Waals surface area (Å²) in [5, 5.41) is 12.6. The van der Waals surface area contributed by atoms with Gasteiger partial charge in [-0.2, -0.15) is 0 Å². The molecule has 4 fully saturated rings. The Kier molecular flexibility index (Phi) is 8.64. The maximum absolute atomic E-state index is 13.0. The number of fused-ring (bicyclic) bond motifs is 7. The average Bonchev–Trinajstić information content (AvgIpc) is 3.43. The second-order valence-electron chi connectivity index (χ2n) is 17.7. The van der Waals surface area contributed by atoms with Gasteiger partial charge in [0.1, 0.15) is 9.84 Å². The van der Waals surface area contributed by atoms with Crippen LogP contribution in [0.2, 0.25) is 0 Å². The van der Waals surface area contributed by atoms with Crippen LogP contribution in [0.1, 0.15) is 121 Å². The molecule has 1 aromatic carbocycles. The van der Waals surface area contributed by atoms with Crippen LogP contribution in [0.15, 0.2) is 30.3 Å².